The van der Waals surface area contributed by atoms with Gasteiger partial charge in [0.1, 0.15) is 0 Å². The molecule has 0 rings (SSSR count). The molecule has 0 aliphatic carbocycles. The fourth-order valence-electron chi connectivity index (χ4n) is 1.05. The molecular formula is C9H20O4Si. The quantitative estimate of drug-likeness (QED) is 0.459. The molecule has 84 valence electrons. The zero-order valence-electron chi connectivity index (χ0n) is 9.25. The van der Waals surface area contributed by atoms with Gasteiger partial charge in [0.2, 0.25) is 0 Å². The molecular weight excluding hydrogens is 200 g/mol. The third-order valence-electron chi connectivity index (χ3n) is 1.85. The number of carbonyl (C=O) groups is 1. The number of carbonyl (C=O) groups excluding carboxylic acids is 1. The van der Waals surface area contributed by atoms with Gasteiger partial charge in [-0.15, -0.1) is 0 Å². The van der Waals surface area contributed by atoms with Crippen molar-refractivity contribution in [2.45, 2.75) is 39.0 Å². The number of unbranched alkanes of at least 4 members (excludes halogenated alkanes) is 3. The van der Waals surface area contributed by atoms with Crippen molar-refractivity contribution in [2.24, 2.45) is 0 Å². The molecule has 0 aliphatic rings. The summed E-state index contributed by atoms with van der Waals surface area (Å²) in [7, 11) is 0.823. The Kier molecular flexibility index (Phi) is 8.92. The Hall–Kier alpha value is -0.393. The van der Waals surface area contributed by atoms with Crippen molar-refractivity contribution < 1.29 is 18.1 Å². The molecule has 5 heteroatoms. The second-order valence-electron chi connectivity index (χ2n) is 3.06. The van der Waals surface area contributed by atoms with E-state index in [4.69, 9.17) is 13.3 Å². The zero-order chi connectivity index (χ0) is 10.8. The van der Waals surface area contributed by atoms with E-state index in [9.17, 15) is 4.79 Å². The van der Waals surface area contributed by atoms with Crippen molar-refractivity contribution in [1.82, 2.24) is 0 Å². The fourth-order valence-corrected chi connectivity index (χ4v) is 1.77. The Morgan fingerprint density at radius 1 is 1.14 bits per heavy atom. The first-order chi connectivity index (χ1) is 6.74. The molecule has 0 fully saturated rings. The smallest absolute Gasteiger partial charge is 0.476 e. The highest BCUT2D eigenvalue weighted by atomic mass is 28.3. The summed E-state index contributed by atoms with van der Waals surface area (Å²) in [6.07, 6.45) is 4.78. The minimum atomic E-state index is -2.16. The van der Waals surface area contributed by atoms with Crippen LogP contribution >= 0.6 is 0 Å². The third kappa shape index (κ3) is 7.05. The van der Waals surface area contributed by atoms with E-state index < -0.39 is 9.53 Å². The van der Waals surface area contributed by atoms with E-state index in [0.717, 1.165) is 12.8 Å². The van der Waals surface area contributed by atoms with E-state index in [1.807, 2.05) is 0 Å². The van der Waals surface area contributed by atoms with Gasteiger partial charge in [0.25, 0.3) is 5.97 Å². The number of hydrogen-bond acceptors (Lipinski definition) is 4. The normalized spacial score (nSPS) is 10.6. The molecule has 0 saturated carbocycles. The largest absolute Gasteiger partial charge is 0.550 e. The standard InChI is InChI=1S/C9H20O4Si/c1-4-5-6-7-8-9(10)13-14(11-2)12-3/h14H,4-8H2,1-3H3. The van der Waals surface area contributed by atoms with Crippen LogP contribution < -0.4 is 0 Å². The molecule has 0 aromatic rings. The minimum absolute atomic E-state index is 0.207. The van der Waals surface area contributed by atoms with Crippen molar-refractivity contribution in [2.75, 3.05) is 14.2 Å². The summed E-state index contributed by atoms with van der Waals surface area (Å²) < 4.78 is 14.7. The van der Waals surface area contributed by atoms with Crippen LogP contribution in [0, 0.1) is 0 Å². The molecule has 0 saturated heterocycles. The maximum atomic E-state index is 11.2. The average molecular weight is 220 g/mol. The van der Waals surface area contributed by atoms with E-state index in [0.29, 0.717) is 6.42 Å². The molecule has 0 aliphatic heterocycles. The zero-order valence-corrected chi connectivity index (χ0v) is 10.4. The highest BCUT2D eigenvalue weighted by Crippen LogP contribution is 2.04. The predicted molar refractivity (Wildman–Crippen MR) is 56.0 cm³/mol. The van der Waals surface area contributed by atoms with Gasteiger partial charge in [-0.1, -0.05) is 26.2 Å². The molecule has 0 bridgehead atoms. The molecule has 4 nitrogen and oxygen atoms in total. The van der Waals surface area contributed by atoms with Crippen LogP contribution in [-0.4, -0.2) is 29.7 Å². The lowest BCUT2D eigenvalue weighted by molar-refractivity contribution is -0.137. The molecule has 0 N–H and O–H groups in total. The topological polar surface area (TPSA) is 44.8 Å². The monoisotopic (exact) mass is 220 g/mol. The van der Waals surface area contributed by atoms with Crippen LogP contribution in [0.5, 0.6) is 0 Å². The Morgan fingerprint density at radius 3 is 2.29 bits per heavy atom. The van der Waals surface area contributed by atoms with Crippen molar-refractivity contribution in [3.8, 4) is 0 Å². The van der Waals surface area contributed by atoms with Gasteiger partial charge >= 0.3 is 9.53 Å². The van der Waals surface area contributed by atoms with Crippen molar-refractivity contribution in [1.29, 1.82) is 0 Å². The lowest BCUT2D eigenvalue weighted by atomic mass is 10.2. The van der Waals surface area contributed by atoms with Gasteiger partial charge in [-0.2, -0.15) is 0 Å². The van der Waals surface area contributed by atoms with E-state index in [1.54, 1.807) is 0 Å². The van der Waals surface area contributed by atoms with Crippen molar-refractivity contribution in [3.63, 3.8) is 0 Å². The van der Waals surface area contributed by atoms with Crippen LogP contribution in [-0.2, 0) is 18.1 Å². The molecule has 0 amide bonds. The first-order valence-electron chi connectivity index (χ1n) is 4.99. The van der Waals surface area contributed by atoms with Crippen LogP contribution in [0.1, 0.15) is 39.0 Å². The van der Waals surface area contributed by atoms with Gasteiger partial charge in [-0.05, 0) is 6.42 Å². The number of rotatable bonds is 8. The minimum Gasteiger partial charge on any atom is -0.476 e. The molecule has 0 atom stereocenters. The lowest BCUT2D eigenvalue weighted by Gasteiger charge is -2.11. The van der Waals surface area contributed by atoms with Gasteiger partial charge in [0, 0.05) is 20.6 Å². The van der Waals surface area contributed by atoms with E-state index >= 15 is 0 Å². The fraction of sp³-hybridized carbons (Fsp3) is 0.889. The van der Waals surface area contributed by atoms with Crippen LogP contribution in [0.3, 0.4) is 0 Å². The van der Waals surface area contributed by atoms with Gasteiger partial charge < -0.3 is 13.3 Å². The average Bonchev–Trinajstić information content (AvgIpc) is 2.21. The summed E-state index contributed by atoms with van der Waals surface area (Å²) in [6.45, 7) is 2.14. The first kappa shape index (κ1) is 13.6. The maximum Gasteiger partial charge on any atom is 0.550 e. The summed E-state index contributed by atoms with van der Waals surface area (Å²) in [5.41, 5.74) is 0. The number of hydrogen-bond donors (Lipinski definition) is 0. The summed E-state index contributed by atoms with van der Waals surface area (Å²) in [5, 5.41) is 0. The first-order valence-corrected chi connectivity index (χ1v) is 6.41. The summed E-state index contributed by atoms with van der Waals surface area (Å²) in [4.78, 5) is 11.2. The highest BCUT2D eigenvalue weighted by Gasteiger charge is 2.16. The van der Waals surface area contributed by atoms with Gasteiger partial charge in [-0.3, -0.25) is 4.79 Å². The third-order valence-corrected chi connectivity index (χ3v) is 3.07. The lowest BCUT2D eigenvalue weighted by Crippen LogP contribution is -2.27. The molecule has 0 heterocycles. The van der Waals surface area contributed by atoms with Crippen molar-refractivity contribution >= 4 is 15.5 Å². The van der Waals surface area contributed by atoms with Crippen LogP contribution in [0.2, 0.25) is 0 Å². The van der Waals surface area contributed by atoms with Crippen LogP contribution in [0.15, 0.2) is 0 Å². The molecule has 0 radical (unpaired) electrons. The summed E-state index contributed by atoms with van der Waals surface area (Å²) in [5.74, 6) is -0.207. The Labute approximate surface area is 87.5 Å². The molecule has 14 heavy (non-hydrogen) atoms. The van der Waals surface area contributed by atoms with E-state index in [2.05, 4.69) is 6.92 Å². The highest BCUT2D eigenvalue weighted by molar-refractivity contribution is 6.39. The predicted octanol–water partition coefficient (Wildman–Crippen LogP) is 1.51. The molecule has 0 spiro atoms. The van der Waals surface area contributed by atoms with Crippen LogP contribution in [0.4, 0.5) is 0 Å². The second-order valence-corrected chi connectivity index (χ2v) is 4.82. The maximum absolute atomic E-state index is 11.2. The van der Waals surface area contributed by atoms with E-state index in [1.165, 1.54) is 27.1 Å². The summed E-state index contributed by atoms with van der Waals surface area (Å²) in [6, 6.07) is 0. The van der Waals surface area contributed by atoms with E-state index in [-0.39, 0.29) is 5.97 Å². The SMILES string of the molecule is CCCCCCC(=O)O[SiH](OC)OC. The van der Waals surface area contributed by atoms with Gasteiger partial charge in [-0.25, -0.2) is 0 Å². The van der Waals surface area contributed by atoms with Gasteiger partial charge in [0.15, 0.2) is 0 Å². The molecule has 0 unspecified atom stereocenters. The Morgan fingerprint density at radius 2 is 1.79 bits per heavy atom. The van der Waals surface area contributed by atoms with Gasteiger partial charge in [0.05, 0.1) is 0 Å². The molecule has 0 aromatic heterocycles. The Balaban J connectivity index is 3.44. The summed E-state index contributed by atoms with van der Waals surface area (Å²) >= 11 is 0. The Bertz CT molecular complexity index is 148. The second kappa shape index (κ2) is 9.17. The van der Waals surface area contributed by atoms with Crippen LogP contribution in [0.25, 0.3) is 0 Å². The van der Waals surface area contributed by atoms with Crippen molar-refractivity contribution in [3.05, 3.63) is 0 Å². The molecule has 0 aromatic carbocycles.